The quantitative estimate of drug-likeness (QED) is 0.906. The van der Waals surface area contributed by atoms with E-state index in [1.54, 1.807) is 11.3 Å². The lowest BCUT2D eigenvalue weighted by atomic mass is 9.89. The van der Waals surface area contributed by atoms with Crippen molar-refractivity contribution in [2.75, 3.05) is 18.4 Å². The molecule has 0 saturated carbocycles. The normalized spacial score (nSPS) is 20.3. The summed E-state index contributed by atoms with van der Waals surface area (Å²) in [6, 6.07) is 0. The number of likely N-dealkylation sites (tertiary alicyclic amines) is 1. The minimum absolute atomic E-state index is 0.298. The van der Waals surface area contributed by atoms with Crippen molar-refractivity contribution in [2.24, 2.45) is 11.8 Å². The summed E-state index contributed by atoms with van der Waals surface area (Å²) in [4.78, 5) is 19.7. The molecule has 0 spiro atoms. The van der Waals surface area contributed by atoms with Crippen LogP contribution >= 0.6 is 11.3 Å². The second-order valence-electron chi connectivity index (χ2n) is 5.81. The van der Waals surface area contributed by atoms with Gasteiger partial charge in [0.15, 0.2) is 5.13 Å². The van der Waals surface area contributed by atoms with Crippen LogP contribution in [0, 0.1) is 11.8 Å². The Kier molecular flexibility index (Phi) is 5.40. The molecule has 0 bridgehead atoms. The van der Waals surface area contributed by atoms with Gasteiger partial charge in [0, 0.05) is 30.6 Å². The number of amides is 1. The van der Waals surface area contributed by atoms with E-state index in [2.05, 4.69) is 31.1 Å². The first-order valence-electron chi connectivity index (χ1n) is 7.56. The van der Waals surface area contributed by atoms with Gasteiger partial charge in [0.1, 0.15) is 0 Å². The molecule has 1 amide bonds. The van der Waals surface area contributed by atoms with E-state index in [1.165, 1.54) is 0 Å². The average Bonchev–Trinajstić information content (AvgIpc) is 2.75. The second-order valence-corrected chi connectivity index (χ2v) is 6.92. The fourth-order valence-corrected chi connectivity index (χ4v) is 3.59. The SMILES string of the molecule is CCNc1ncc(CN2CCC(C(C)C)CCC2=O)s1. The highest BCUT2D eigenvalue weighted by Crippen LogP contribution is 2.27. The van der Waals surface area contributed by atoms with Gasteiger partial charge in [-0.15, -0.1) is 11.3 Å². The Bertz CT molecular complexity index is 444. The van der Waals surface area contributed by atoms with Crippen LogP contribution < -0.4 is 5.32 Å². The summed E-state index contributed by atoms with van der Waals surface area (Å²) in [5.74, 6) is 1.65. The van der Waals surface area contributed by atoms with E-state index >= 15 is 0 Å². The van der Waals surface area contributed by atoms with Crippen LogP contribution in [-0.4, -0.2) is 28.9 Å². The molecule has 20 heavy (non-hydrogen) atoms. The Hall–Kier alpha value is -1.10. The Morgan fingerprint density at radius 1 is 1.50 bits per heavy atom. The zero-order valence-corrected chi connectivity index (χ0v) is 13.5. The van der Waals surface area contributed by atoms with E-state index in [9.17, 15) is 4.79 Å². The van der Waals surface area contributed by atoms with Crippen LogP contribution in [-0.2, 0) is 11.3 Å². The Morgan fingerprint density at radius 3 is 3.00 bits per heavy atom. The lowest BCUT2D eigenvalue weighted by Crippen LogP contribution is -2.29. The van der Waals surface area contributed by atoms with Crippen molar-refractivity contribution in [1.29, 1.82) is 0 Å². The van der Waals surface area contributed by atoms with E-state index in [-0.39, 0.29) is 0 Å². The highest BCUT2D eigenvalue weighted by Gasteiger charge is 2.24. The van der Waals surface area contributed by atoms with Gasteiger partial charge in [-0.2, -0.15) is 0 Å². The average molecular weight is 295 g/mol. The van der Waals surface area contributed by atoms with Gasteiger partial charge >= 0.3 is 0 Å². The van der Waals surface area contributed by atoms with E-state index in [0.717, 1.165) is 35.9 Å². The number of hydrogen-bond donors (Lipinski definition) is 1. The number of aromatic nitrogens is 1. The van der Waals surface area contributed by atoms with Crippen molar-refractivity contribution in [3.63, 3.8) is 0 Å². The number of thiazole rings is 1. The van der Waals surface area contributed by atoms with E-state index in [0.29, 0.717) is 30.7 Å². The number of hydrogen-bond acceptors (Lipinski definition) is 4. The fourth-order valence-electron chi connectivity index (χ4n) is 2.69. The third-order valence-electron chi connectivity index (χ3n) is 4.02. The van der Waals surface area contributed by atoms with Gasteiger partial charge in [-0.25, -0.2) is 4.98 Å². The number of nitrogens with zero attached hydrogens (tertiary/aromatic N) is 2. The molecule has 1 atom stereocenters. The molecule has 4 nitrogen and oxygen atoms in total. The molecule has 1 aromatic rings. The van der Waals surface area contributed by atoms with Crippen molar-refractivity contribution < 1.29 is 4.79 Å². The molecule has 1 N–H and O–H groups in total. The smallest absolute Gasteiger partial charge is 0.222 e. The lowest BCUT2D eigenvalue weighted by Gasteiger charge is -2.21. The first-order chi connectivity index (χ1) is 9.60. The molecular formula is C15H25N3OS. The van der Waals surface area contributed by atoms with Gasteiger partial charge < -0.3 is 10.2 Å². The second kappa shape index (κ2) is 7.07. The summed E-state index contributed by atoms with van der Waals surface area (Å²) >= 11 is 1.65. The fraction of sp³-hybridized carbons (Fsp3) is 0.733. The van der Waals surface area contributed by atoms with Crippen LogP contribution in [0.4, 0.5) is 5.13 Å². The third-order valence-corrected chi connectivity index (χ3v) is 4.96. The van der Waals surface area contributed by atoms with Gasteiger partial charge in [0.05, 0.1) is 6.54 Å². The zero-order chi connectivity index (χ0) is 14.5. The van der Waals surface area contributed by atoms with Crippen LogP contribution in [0.2, 0.25) is 0 Å². The van der Waals surface area contributed by atoms with Gasteiger partial charge in [0.2, 0.25) is 5.91 Å². The molecule has 1 aromatic heterocycles. The summed E-state index contributed by atoms with van der Waals surface area (Å²) in [5, 5.41) is 4.16. The molecule has 112 valence electrons. The van der Waals surface area contributed by atoms with Gasteiger partial charge in [-0.05, 0) is 31.6 Å². The summed E-state index contributed by atoms with van der Waals surface area (Å²) in [5.41, 5.74) is 0. The first-order valence-corrected chi connectivity index (χ1v) is 8.38. The van der Waals surface area contributed by atoms with Crippen LogP contribution in [0.25, 0.3) is 0 Å². The van der Waals surface area contributed by atoms with Gasteiger partial charge in [0.25, 0.3) is 0 Å². The van der Waals surface area contributed by atoms with E-state index in [1.807, 2.05) is 11.1 Å². The highest BCUT2D eigenvalue weighted by molar-refractivity contribution is 7.15. The molecule has 1 aliphatic heterocycles. The maximum atomic E-state index is 12.2. The van der Waals surface area contributed by atoms with Crippen LogP contribution in [0.3, 0.4) is 0 Å². The molecule has 1 unspecified atom stereocenters. The van der Waals surface area contributed by atoms with Crippen molar-refractivity contribution >= 4 is 22.4 Å². The molecule has 1 saturated heterocycles. The molecule has 0 aliphatic carbocycles. The van der Waals surface area contributed by atoms with E-state index < -0.39 is 0 Å². The minimum Gasteiger partial charge on any atom is -0.362 e. The van der Waals surface area contributed by atoms with Gasteiger partial charge in [-0.1, -0.05) is 13.8 Å². The highest BCUT2D eigenvalue weighted by atomic mass is 32.1. The number of rotatable bonds is 5. The summed E-state index contributed by atoms with van der Waals surface area (Å²) in [6.45, 7) is 9.06. The summed E-state index contributed by atoms with van der Waals surface area (Å²) < 4.78 is 0. The molecule has 1 aliphatic rings. The topological polar surface area (TPSA) is 45.2 Å². The van der Waals surface area contributed by atoms with Crippen LogP contribution in [0.5, 0.6) is 0 Å². The maximum absolute atomic E-state index is 12.2. The molecule has 0 aromatic carbocycles. The Labute approximate surface area is 125 Å². The van der Waals surface area contributed by atoms with Crippen molar-refractivity contribution in [2.45, 2.75) is 46.6 Å². The van der Waals surface area contributed by atoms with Crippen molar-refractivity contribution in [3.05, 3.63) is 11.1 Å². The molecule has 2 heterocycles. The number of nitrogens with one attached hydrogen (secondary N) is 1. The zero-order valence-electron chi connectivity index (χ0n) is 12.7. The summed E-state index contributed by atoms with van der Waals surface area (Å²) in [7, 11) is 0. The maximum Gasteiger partial charge on any atom is 0.222 e. The molecule has 0 radical (unpaired) electrons. The predicted molar refractivity (Wildman–Crippen MR) is 83.9 cm³/mol. The molecule has 2 rings (SSSR count). The van der Waals surface area contributed by atoms with Crippen molar-refractivity contribution in [1.82, 2.24) is 9.88 Å². The number of anilines is 1. The third kappa shape index (κ3) is 3.95. The van der Waals surface area contributed by atoms with Gasteiger partial charge in [-0.3, -0.25) is 4.79 Å². The molecule has 1 fully saturated rings. The largest absolute Gasteiger partial charge is 0.362 e. The Morgan fingerprint density at radius 2 is 2.30 bits per heavy atom. The number of carbonyl (C=O) groups excluding carboxylic acids is 1. The van der Waals surface area contributed by atoms with Crippen LogP contribution in [0.1, 0.15) is 44.9 Å². The minimum atomic E-state index is 0.298. The standard InChI is InChI=1S/C15H25N3OS/c1-4-16-15-17-9-13(20-15)10-18-8-7-12(11(2)3)5-6-14(18)19/h9,11-12H,4-8,10H2,1-3H3,(H,16,17). The first kappa shape index (κ1) is 15.3. The van der Waals surface area contributed by atoms with Crippen molar-refractivity contribution in [3.8, 4) is 0 Å². The summed E-state index contributed by atoms with van der Waals surface area (Å²) in [6.07, 6.45) is 4.75. The van der Waals surface area contributed by atoms with E-state index in [4.69, 9.17) is 0 Å². The number of carbonyl (C=O) groups is 1. The molecular weight excluding hydrogens is 270 g/mol. The lowest BCUT2D eigenvalue weighted by molar-refractivity contribution is -0.131. The monoisotopic (exact) mass is 295 g/mol. The van der Waals surface area contributed by atoms with Crippen LogP contribution in [0.15, 0.2) is 6.20 Å². The predicted octanol–water partition coefficient (Wildman–Crippen LogP) is 3.36. The molecule has 5 heteroatoms. The Balaban J connectivity index is 1.95.